The van der Waals surface area contributed by atoms with E-state index in [0.717, 1.165) is 5.56 Å². The monoisotopic (exact) mass is 443 g/mol. The van der Waals surface area contributed by atoms with E-state index in [4.69, 9.17) is 26.3 Å². The summed E-state index contributed by atoms with van der Waals surface area (Å²) in [5.41, 5.74) is 0.0741. The number of amides is 1. The number of nitrogens with zero attached hydrogens (tertiary/aromatic N) is 1. The minimum atomic E-state index is -1.61. The Hall–Kier alpha value is -2.51. The molecule has 0 spiro atoms. The van der Waals surface area contributed by atoms with Crippen molar-refractivity contribution in [3.63, 3.8) is 0 Å². The summed E-state index contributed by atoms with van der Waals surface area (Å²) >= 11 is 6.18. The molecule has 2 unspecified atom stereocenters. The van der Waals surface area contributed by atoms with Gasteiger partial charge in [0.15, 0.2) is 0 Å². The smallest absolute Gasteiger partial charge is 0.251 e. The molecule has 2 saturated heterocycles. The maximum Gasteiger partial charge on any atom is 0.251 e. The van der Waals surface area contributed by atoms with Gasteiger partial charge in [0.05, 0.1) is 30.9 Å². The van der Waals surface area contributed by atoms with Gasteiger partial charge in [-0.3, -0.25) is 10.1 Å². The van der Waals surface area contributed by atoms with Crippen LogP contribution in [0.5, 0.6) is 0 Å². The number of carbonyl (C=O) groups excluding carboxylic acids is 1. The van der Waals surface area contributed by atoms with Gasteiger partial charge in [0.25, 0.3) is 5.91 Å². The van der Waals surface area contributed by atoms with Crippen molar-refractivity contribution in [2.75, 3.05) is 19.7 Å². The van der Waals surface area contributed by atoms with Crippen molar-refractivity contribution >= 4 is 17.5 Å². The minimum absolute atomic E-state index is 0.117. The highest BCUT2D eigenvalue weighted by atomic mass is 35.5. The zero-order valence-electron chi connectivity index (χ0n) is 16.5. The van der Waals surface area contributed by atoms with Crippen LogP contribution in [-0.4, -0.2) is 59.9 Å². The molecule has 0 aliphatic carbocycles. The highest BCUT2D eigenvalue weighted by Crippen LogP contribution is 2.40. The summed E-state index contributed by atoms with van der Waals surface area (Å²) in [6, 6.07) is 15.5. The van der Waals surface area contributed by atoms with Crippen LogP contribution in [0.1, 0.15) is 27.6 Å². The van der Waals surface area contributed by atoms with Gasteiger partial charge in [-0.15, -0.1) is 0 Å². The Morgan fingerprint density at radius 1 is 1.26 bits per heavy atom. The average Bonchev–Trinajstić information content (AvgIpc) is 3.50. The van der Waals surface area contributed by atoms with E-state index >= 15 is 0 Å². The number of aliphatic hydroxyl groups is 2. The molecule has 162 valence electrons. The van der Waals surface area contributed by atoms with Crippen LogP contribution in [-0.2, 0) is 9.47 Å². The highest BCUT2D eigenvalue weighted by molar-refractivity contribution is 6.31. The normalized spacial score (nSPS) is 29.4. The largest absolute Gasteiger partial charge is 0.387 e. The summed E-state index contributed by atoms with van der Waals surface area (Å²) in [5.74, 6) is -0.416. The van der Waals surface area contributed by atoms with Gasteiger partial charge in [-0.2, -0.15) is 5.26 Å². The van der Waals surface area contributed by atoms with E-state index in [0.29, 0.717) is 16.1 Å². The van der Waals surface area contributed by atoms with E-state index in [1.165, 1.54) is 24.3 Å². The van der Waals surface area contributed by atoms with Crippen LogP contribution in [0, 0.1) is 11.3 Å². The molecular weight excluding hydrogens is 422 g/mol. The van der Waals surface area contributed by atoms with Gasteiger partial charge in [-0.05, 0) is 30.3 Å². The van der Waals surface area contributed by atoms with Crippen molar-refractivity contribution in [3.8, 4) is 6.07 Å². The van der Waals surface area contributed by atoms with E-state index in [1.807, 2.05) is 24.3 Å². The number of halogens is 1. The van der Waals surface area contributed by atoms with Crippen molar-refractivity contribution in [1.29, 1.82) is 5.26 Å². The van der Waals surface area contributed by atoms with E-state index in [1.54, 1.807) is 6.07 Å². The molecule has 31 heavy (non-hydrogen) atoms. The number of hydrogen-bond acceptors (Lipinski definition) is 7. The maximum atomic E-state index is 12.3. The van der Waals surface area contributed by atoms with Gasteiger partial charge in [-0.1, -0.05) is 29.8 Å². The lowest BCUT2D eigenvalue weighted by Crippen LogP contribution is -2.53. The van der Waals surface area contributed by atoms with Crippen LogP contribution in [0.4, 0.5) is 0 Å². The van der Waals surface area contributed by atoms with Crippen LogP contribution in [0.25, 0.3) is 0 Å². The molecule has 0 aromatic heterocycles. The first-order valence-electron chi connectivity index (χ1n) is 9.85. The summed E-state index contributed by atoms with van der Waals surface area (Å²) < 4.78 is 11.2. The van der Waals surface area contributed by atoms with Crippen molar-refractivity contribution in [2.24, 2.45) is 0 Å². The van der Waals surface area contributed by atoms with Crippen molar-refractivity contribution in [2.45, 2.75) is 30.1 Å². The van der Waals surface area contributed by atoms with Gasteiger partial charge in [0.1, 0.15) is 24.0 Å². The fourth-order valence-electron chi connectivity index (χ4n) is 3.57. The standard InChI is InChI=1S/C22H22ClN3O5/c23-16-4-2-1-3-15(16)18-21(31-18)25-10-17-19(27)22(29,12-30-17)11-26-20(28)14-7-5-13(9-24)6-8-14/h1-8,17-19,21,25,27,29H,10-12H2,(H,26,28)/t17-,18?,19-,21?,22+/m1/s1. The average molecular weight is 444 g/mol. The number of aliphatic hydroxyl groups excluding tert-OH is 1. The lowest BCUT2D eigenvalue weighted by atomic mass is 9.96. The number of rotatable bonds is 7. The molecule has 0 saturated carbocycles. The quantitative estimate of drug-likeness (QED) is 0.472. The van der Waals surface area contributed by atoms with Crippen LogP contribution in [0.2, 0.25) is 5.02 Å². The molecule has 0 bridgehead atoms. The zero-order valence-corrected chi connectivity index (χ0v) is 17.2. The van der Waals surface area contributed by atoms with Crippen molar-refractivity contribution in [1.82, 2.24) is 10.6 Å². The third kappa shape index (κ3) is 4.72. The molecule has 2 aromatic carbocycles. The fourth-order valence-corrected chi connectivity index (χ4v) is 3.82. The maximum absolute atomic E-state index is 12.3. The van der Waals surface area contributed by atoms with E-state index in [2.05, 4.69) is 10.6 Å². The van der Waals surface area contributed by atoms with Crippen molar-refractivity contribution in [3.05, 3.63) is 70.2 Å². The van der Waals surface area contributed by atoms with Crippen molar-refractivity contribution < 1.29 is 24.5 Å². The molecule has 2 aromatic rings. The topological polar surface area (TPSA) is 127 Å². The molecule has 2 heterocycles. The first-order chi connectivity index (χ1) is 14.9. The second kappa shape index (κ2) is 8.93. The summed E-state index contributed by atoms with van der Waals surface area (Å²) in [6.07, 6.45) is -2.27. The number of hydrogen-bond donors (Lipinski definition) is 4. The first-order valence-corrected chi connectivity index (χ1v) is 10.2. The van der Waals surface area contributed by atoms with Gasteiger partial charge in [0, 0.05) is 22.7 Å². The Morgan fingerprint density at radius 2 is 2.00 bits per heavy atom. The molecule has 1 amide bonds. The highest BCUT2D eigenvalue weighted by Gasteiger charge is 2.49. The van der Waals surface area contributed by atoms with E-state index < -0.39 is 23.7 Å². The summed E-state index contributed by atoms with van der Waals surface area (Å²) in [4.78, 5) is 12.3. The lowest BCUT2D eigenvalue weighted by Gasteiger charge is -2.26. The predicted octanol–water partition coefficient (Wildman–Crippen LogP) is 1.12. The minimum Gasteiger partial charge on any atom is -0.387 e. The fraction of sp³-hybridized carbons (Fsp3) is 0.364. The first kappa shape index (κ1) is 21.7. The lowest BCUT2D eigenvalue weighted by molar-refractivity contribution is -0.0467. The Kier molecular flexibility index (Phi) is 6.25. The Bertz CT molecular complexity index is 995. The second-order valence-electron chi connectivity index (χ2n) is 7.68. The van der Waals surface area contributed by atoms with Crippen LogP contribution >= 0.6 is 11.6 Å². The number of ether oxygens (including phenoxy) is 2. The number of benzene rings is 2. The number of epoxide rings is 1. The third-order valence-corrected chi connectivity index (χ3v) is 5.85. The van der Waals surface area contributed by atoms with Crippen LogP contribution < -0.4 is 10.6 Å². The molecule has 2 aliphatic heterocycles. The number of carbonyl (C=O) groups is 1. The Labute approximate surface area is 184 Å². The summed E-state index contributed by atoms with van der Waals surface area (Å²) in [6.45, 7) is -0.0298. The van der Waals surface area contributed by atoms with Crippen LogP contribution in [0.3, 0.4) is 0 Å². The molecule has 4 rings (SSSR count). The molecule has 5 atom stereocenters. The van der Waals surface area contributed by atoms with E-state index in [-0.39, 0.29) is 32.0 Å². The van der Waals surface area contributed by atoms with E-state index in [9.17, 15) is 15.0 Å². The molecule has 4 N–H and O–H groups in total. The third-order valence-electron chi connectivity index (χ3n) is 5.50. The molecule has 8 nitrogen and oxygen atoms in total. The second-order valence-corrected chi connectivity index (χ2v) is 8.08. The van der Waals surface area contributed by atoms with Gasteiger partial charge in [0.2, 0.25) is 0 Å². The van der Waals surface area contributed by atoms with Crippen LogP contribution in [0.15, 0.2) is 48.5 Å². The predicted molar refractivity (Wildman–Crippen MR) is 111 cm³/mol. The molecule has 2 aliphatic rings. The summed E-state index contributed by atoms with van der Waals surface area (Å²) in [5, 5.41) is 36.5. The number of nitriles is 1. The zero-order chi connectivity index (χ0) is 22.0. The SMILES string of the molecule is N#Cc1ccc(C(=O)NC[C@]2(O)CO[C@H](CNC3OC3c3ccccc3Cl)[C@H]2O)cc1. The molecule has 0 radical (unpaired) electrons. The number of nitrogens with one attached hydrogen (secondary N) is 2. The van der Waals surface area contributed by atoms with Gasteiger partial charge < -0.3 is 25.0 Å². The molecular formula is C22H22ClN3O5. The van der Waals surface area contributed by atoms with Gasteiger partial charge >= 0.3 is 0 Å². The summed E-state index contributed by atoms with van der Waals surface area (Å²) in [7, 11) is 0. The Morgan fingerprint density at radius 3 is 2.71 bits per heavy atom. The van der Waals surface area contributed by atoms with Gasteiger partial charge in [-0.25, -0.2) is 0 Å². The Balaban J connectivity index is 1.26. The molecule has 2 fully saturated rings. The molecule has 9 heteroatoms.